The highest BCUT2D eigenvalue weighted by molar-refractivity contribution is 5.85. The Kier molecular flexibility index (Phi) is 6.55. The number of rotatable bonds is 7. The molecule has 2 aromatic rings. The Hall–Kier alpha value is -3.33. The molecule has 0 atom stereocenters. The van der Waals surface area contributed by atoms with E-state index in [1.54, 1.807) is 24.3 Å². The van der Waals surface area contributed by atoms with E-state index in [1.807, 2.05) is 44.2 Å². The normalized spacial score (nSPS) is 10.5. The summed E-state index contributed by atoms with van der Waals surface area (Å²) in [6.45, 7) is 3.64. The van der Waals surface area contributed by atoms with Gasteiger partial charge in [-0.3, -0.25) is 4.79 Å². The summed E-state index contributed by atoms with van der Waals surface area (Å²) in [5.74, 6) is 0.626. The van der Waals surface area contributed by atoms with Crippen molar-refractivity contribution in [3.05, 3.63) is 59.7 Å². The van der Waals surface area contributed by atoms with Crippen molar-refractivity contribution in [1.82, 2.24) is 5.43 Å². The molecular weight excluding hydrogens is 318 g/mol. The minimum atomic E-state index is -0.425. The maximum atomic E-state index is 11.8. The van der Waals surface area contributed by atoms with E-state index in [2.05, 4.69) is 10.5 Å². The lowest BCUT2D eigenvalue weighted by atomic mass is 10.2. The number of nitriles is 1. The van der Waals surface area contributed by atoms with Crippen LogP contribution >= 0.6 is 0 Å². The Morgan fingerprint density at radius 3 is 2.60 bits per heavy atom. The number of carbonyl (C=O) groups is 1. The lowest BCUT2D eigenvalue weighted by molar-refractivity contribution is -0.123. The number of nitrogens with one attached hydrogen (secondary N) is 1. The van der Waals surface area contributed by atoms with Gasteiger partial charge in [-0.25, -0.2) is 5.43 Å². The van der Waals surface area contributed by atoms with Gasteiger partial charge in [0.2, 0.25) is 0 Å². The van der Waals surface area contributed by atoms with Gasteiger partial charge in [-0.05, 0) is 38.1 Å². The number of hydrogen-bond donors (Lipinski definition) is 1. The molecule has 128 valence electrons. The number of benzene rings is 2. The number of nitrogens with zero attached hydrogens (tertiary/aromatic N) is 2. The number of carbonyl (C=O) groups excluding carboxylic acids is 1. The van der Waals surface area contributed by atoms with Gasteiger partial charge < -0.3 is 9.47 Å². The summed E-state index contributed by atoms with van der Waals surface area (Å²) in [4.78, 5) is 11.8. The van der Waals surface area contributed by atoms with E-state index in [0.717, 1.165) is 5.56 Å². The van der Waals surface area contributed by atoms with Crippen LogP contribution in [0.2, 0.25) is 0 Å². The summed E-state index contributed by atoms with van der Waals surface area (Å²) in [5.41, 5.74) is 3.52. The van der Waals surface area contributed by atoms with Gasteiger partial charge in [0.1, 0.15) is 17.6 Å². The van der Waals surface area contributed by atoms with Crippen LogP contribution in [0.25, 0.3) is 0 Å². The highest BCUT2D eigenvalue weighted by atomic mass is 16.5. The predicted octanol–water partition coefficient (Wildman–Crippen LogP) is 2.87. The molecule has 0 aromatic heterocycles. The summed E-state index contributed by atoms with van der Waals surface area (Å²) < 4.78 is 11.0. The molecule has 2 aromatic carbocycles. The Labute approximate surface area is 146 Å². The predicted molar refractivity (Wildman–Crippen MR) is 94.6 cm³/mol. The highest BCUT2D eigenvalue weighted by Gasteiger charge is 2.06. The van der Waals surface area contributed by atoms with Crippen LogP contribution in [0.15, 0.2) is 53.6 Å². The number of amides is 1. The van der Waals surface area contributed by atoms with Gasteiger partial charge in [0.15, 0.2) is 6.61 Å². The van der Waals surface area contributed by atoms with Gasteiger partial charge in [-0.2, -0.15) is 10.4 Å². The van der Waals surface area contributed by atoms with Crippen molar-refractivity contribution in [2.24, 2.45) is 5.10 Å². The molecule has 1 N–H and O–H groups in total. The van der Waals surface area contributed by atoms with Crippen LogP contribution in [0.4, 0.5) is 0 Å². The minimum absolute atomic E-state index is 0.0396. The van der Waals surface area contributed by atoms with E-state index in [1.165, 1.54) is 6.21 Å². The zero-order valence-electron chi connectivity index (χ0n) is 14.1. The van der Waals surface area contributed by atoms with Crippen molar-refractivity contribution >= 4 is 12.1 Å². The first-order valence-electron chi connectivity index (χ1n) is 7.79. The quantitative estimate of drug-likeness (QED) is 0.622. The topological polar surface area (TPSA) is 83.7 Å². The van der Waals surface area contributed by atoms with E-state index in [9.17, 15) is 4.79 Å². The van der Waals surface area contributed by atoms with Gasteiger partial charge in [-0.1, -0.05) is 24.3 Å². The van der Waals surface area contributed by atoms with Crippen LogP contribution < -0.4 is 14.9 Å². The maximum Gasteiger partial charge on any atom is 0.277 e. The molecule has 25 heavy (non-hydrogen) atoms. The number of ether oxygens (including phenoxy) is 2. The summed E-state index contributed by atoms with van der Waals surface area (Å²) in [6, 6.07) is 16.1. The molecule has 6 nitrogen and oxygen atoms in total. The molecular formula is C19H19N3O3. The van der Waals surface area contributed by atoms with Crippen LogP contribution in [0.5, 0.6) is 11.5 Å². The lowest BCUT2D eigenvalue weighted by Crippen LogP contribution is -2.24. The minimum Gasteiger partial charge on any atom is -0.490 e. The zero-order chi connectivity index (χ0) is 18.1. The fourth-order valence-electron chi connectivity index (χ4n) is 1.98. The third-order valence-electron chi connectivity index (χ3n) is 3.04. The Balaban J connectivity index is 1.90. The zero-order valence-corrected chi connectivity index (χ0v) is 14.1. The Morgan fingerprint density at radius 1 is 1.20 bits per heavy atom. The third kappa shape index (κ3) is 5.66. The first-order valence-corrected chi connectivity index (χ1v) is 7.79. The second-order valence-corrected chi connectivity index (χ2v) is 5.39. The molecule has 1 amide bonds. The molecule has 2 rings (SSSR count). The van der Waals surface area contributed by atoms with Gasteiger partial charge in [0.25, 0.3) is 5.91 Å². The summed E-state index contributed by atoms with van der Waals surface area (Å²) in [7, 11) is 0. The summed E-state index contributed by atoms with van der Waals surface area (Å²) in [6.07, 6.45) is 1.55. The summed E-state index contributed by atoms with van der Waals surface area (Å²) in [5, 5.41) is 12.9. The molecule has 0 heterocycles. The number of para-hydroxylation sites is 2. The SMILES string of the molecule is CC(C)Oc1ccccc1/C=N/NC(=O)COc1ccccc1C#N. The van der Waals surface area contributed by atoms with Crippen molar-refractivity contribution in [2.45, 2.75) is 20.0 Å². The van der Waals surface area contributed by atoms with Crippen molar-refractivity contribution in [2.75, 3.05) is 6.61 Å². The van der Waals surface area contributed by atoms with Crippen molar-refractivity contribution in [3.8, 4) is 17.6 Å². The fourth-order valence-corrected chi connectivity index (χ4v) is 1.98. The largest absolute Gasteiger partial charge is 0.490 e. The van der Waals surface area contributed by atoms with E-state index >= 15 is 0 Å². The molecule has 0 aliphatic carbocycles. The van der Waals surface area contributed by atoms with E-state index < -0.39 is 5.91 Å². The molecule has 0 aliphatic heterocycles. The van der Waals surface area contributed by atoms with Gasteiger partial charge in [0, 0.05) is 5.56 Å². The second kappa shape index (κ2) is 9.08. The van der Waals surface area contributed by atoms with Crippen LogP contribution in [-0.2, 0) is 4.79 Å². The van der Waals surface area contributed by atoms with Crippen molar-refractivity contribution < 1.29 is 14.3 Å². The number of hydrogen-bond acceptors (Lipinski definition) is 5. The molecule has 0 aliphatic rings. The van der Waals surface area contributed by atoms with Crippen LogP contribution in [-0.4, -0.2) is 24.8 Å². The molecule has 0 saturated heterocycles. The standard InChI is InChI=1S/C19H19N3O3/c1-14(2)25-18-10-6-4-8-16(18)12-21-22-19(23)13-24-17-9-5-3-7-15(17)11-20/h3-10,12,14H,13H2,1-2H3,(H,22,23)/b21-12+. The molecule has 0 saturated carbocycles. The Morgan fingerprint density at radius 2 is 1.88 bits per heavy atom. The molecule has 0 bridgehead atoms. The van der Waals surface area contributed by atoms with Gasteiger partial charge in [-0.15, -0.1) is 0 Å². The van der Waals surface area contributed by atoms with Crippen LogP contribution in [0, 0.1) is 11.3 Å². The van der Waals surface area contributed by atoms with Crippen molar-refractivity contribution in [3.63, 3.8) is 0 Å². The average Bonchev–Trinajstić information content (AvgIpc) is 2.61. The van der Waals surface area contributed by atoms with Gasteiger partial charge in [0.05, 0.1) is 17.9 Å². The fraction of sp³-hybridized carbons (Fsp3) is 0.211. The Bertz CT molecular complexity index is 794. The maximum absolute atomic E-state index is 11.8. The van der Waals surface area contributed by atoms with Crippen molar-refractivity contribution in [1.29, 1.82) is 5.26 Å². The van der Waals surface area contributed by atoms with Crippen LogP contribution in [0.1, 0.15) is 25.0 Å². The highest BCUT2D eigenvalue weighted by Crippen LogP contribution is 2.17. The van der Waals surface area contributed by atoms with Crippen LogP contribution in [0.3, 0.4) is 0 Å². The van der Waals surface area contributed by atoms with Gasteiger partial charge >= 0.3 is 0 Å². The molecule has 0 fully saturated rings. The van der Waals surface area contributed by atoms with E-state index in [0.29, 0.717) is 17.1 Å². The lowest BCUT2D eigenvalue weighted by Gasteiger charge is -2.11. The third-order valence-corrected chi connectivity index (χ3v) is 3.04. The smallest absolute Gasteiger partial charge is 0.277 e. The molecule has 0 radical (unpaired) electrons. The van der Waals surface area contributed by atoms with E-state index in [4.69, 9.17) is 14.7 Å². The second-order valence-electron chi connectivity index (χ2n) is 5.39. The average molecular weight is 337 g/mol. The first-order chi connectivity index (χ1) is 12.1. The first kappa shape index (κ1) is 18.0. The molecule has 6 heteroatoms. The monoisotopic (exact) mass is 337 g/mol. The number of hydrazone groups is 1. The molecule has 0 unspecified atom stereocenters. The summed E-state index contributed by atoms with van der Waals surface area (Å²) >= 11 is 0. The molecule has 0 spiro atoms. The van der Waals surface area contributed by atoms with E-state index in [-0.39, 0.29) is 12.7 Å².